The Morgan fingerprint density at radius 3 is 2.91 bits per heavy atom. The highest BCUT2D eigenvalue weighted by Gasteiger charge is 2.09. The van der Waals surface area contributed by atoms with Gasteiger partial charge in [0.15, 0.2) is 0 Å². The Morgan fingerprint density at radius 1 is 1.73 bits per heavy atom. The van der Waals surface area contributed by atoms with E-state index in [9.17, 15) is 4.79 Å². The van der Waals surface area contributed by atoms with Crippen LogP contribution >= 0.6 is 0 Å². The van der Waals surface area contributed by atoms with E-state index in [1.807, 2.05) is 6.08 Å². The molecule has 1 radical (unpaired) electrons. The number of dihydropyridines is 1. The predicted octanol–water partition coefficient (Wildman–Crippen LogP) is -0.0789. The van der Waals surface area contributed by atoms with E-state index >= 15 is 0 Å². The number of amides is 1. The second-order valence-corrected chi connectivity index (χ2v) is 2.53. The molecule has 0 fully saturated rings. The molecule has 1 amide bonds. The van der Waals surface area contributed by atoms with Crippen molar-refractivity contribution >= 4 is 5.91 Å². The smallest absolute Gasteiger partial charge is 0.253 e. The Hall–Kier alpha value is -1.25. The lowest BCUT2D eigenvalue weighted by Crippen LogP contribution is -2.25. The zero-order chi connectivity index (χ0) is 8.27. The van der Waals surface area contributed by atoms with Crippen LogP contribution in [0.5, 0.6) is 0 Å². The van der Waals surface area contributed by atoms with E-state index in [4.69, 9.17) is 0 Å². The lowest BCUT2D eigenvalue weighted by Gasteiger charge is -2.12. The predicted molar refractivity (Wildman–Crippen MR) is 42.6 cm³/mol. The van der Waals surface area contributed by atoms with Crippen molar-refractivity contribution in [3.05, 3.63) is 23.9 Å². The van der Waals surface area contributed by atoms with Crippen LogP contribution in [-0.2, 0) is 4.79 Å². The maximum Gasteiger partial charge on any atom is 0.253 e. The summed E-state index contributed by atoms with van der Waals surface area (Å²) in [7, 11) is 3.47. The number of nitrogens with one attached hydrogen (secondary N) is 1. The Morgan fingerprint density at radius 2 is 2.45 bits per heavy atom. The van der Waals surface area contributed by atoms with Gasteiger partial charge in [0, 0.05) is 26.2 Å². The number of nitrogens with zero attached hydrogens (tertiary/aromatic N) is 1. The number of carbonyl (C=O) groups is 1. The highest BCUT2D eigenvalue weighted by Crippen LogP contribution is 2.02. The van der Waals surface area contributed by atoms with Crippen molar-refractivity contribution in [1.82, 2.24) is 10.2 Å². The average molecular weight is 151 g/mol. The van der Waals surface area contributed by atoms with Crippen LogP contribution < -0.4 is 5.32 Å². The summed E-state index contributed by atoms with van der Waals surface area (Å²) in [6, 6.07) is 0. The summed E-state index contributed by atoms with van der Waals surface area (Å²) >= 11 is 0. The summed E-state index contributed by atoms with van der Waals surface area (Å²) in [4.78, 5) is 12.8. The van der Waals surface area contributed by atoms with Gasteiger partial charge in [0.05, 0.1) is 6.20 Å². The van der Waals surface area contributed by atoms with Crippen molar-refractivity contribution in [1.29, 1.82) is 0 Å². The van der Waals surface area contributed by atoms with Crippen LogP contribution in [0.1, 0.15) is 0 Å². The van der Waals surface area contributed by atoms with Gasteiger partial charge in [-0.3, -0.25) is 4.79 Å². The molecule has 0 spiro atoms. The SMILES string of the molecule is CN(C)C(=O)C1=CCN[C]=C1. The Labute approximate surface area is 66.4 Å². The average Bonchev–Trinajstić information content (AvgIpc) is 2.05. The van der Waals surface area contributed by atoms with Crippen LogP contribution in [0.2, 0.25) is 0 Å². The fourth-order valence-corrected chi connectivity index (χ4v) is 0.815. The molecule has 3 heteroatoms. The third-order valence-electron chi connectivity index (χ3n) is 1.41. The molecule has 0 aromatic rings. The number of rotatable bonds is 1. The van der Waals surface area contributed by atoms with Gasteiger partial charge in [0.25, 0.3) is 5.91 Å². The standard InChI is InChI=1S/C8H11N2O/c1-10(2)8(11)7-3-5-9-6-4-7/h3-4,9H,5H2,1-2H3. The first-order valence-electron chi connectivity index (χ1n) is 3.45. The first-order valence-corrected chi connectivity index (χ1v) is 3.45. The number of hydrogen-bond acceptors (Lipinski definition) is 2. The summed E-state index contributed by atoms with van der Waals surface area (Å²) < 4.78 is 0. The minimum atomic E-state index is 0.0269. The normalized spacial score (nSPS) is 15.3. The van der Waals surface area contributed by atoms with Gasteiger partial charge in [-0.25, -0.2) is 0 Å². The van der Waals surface area contributed by atoms with Crippen LogP contribution in [0.15, 0.2) is 17.7 Å². The minimum absolute atomic E-state index is 0.0269. The van der Waals surface area contributed by atoms with E-state index in [0.29, 0.717) is 12.1 Å². The molecular weight excluding hydrogens is 140 g/mol. The van der Waals surface area contributed by atoms with Gasteiger partial charge in [-0.2, -0.15) is 0 Å². The van der Waals surface area contributed by atoms with E-state index in [-0.39, 0.29) is 5.91 Å². The number of carbonyl (C=O) groups excluding carboxylic acids is 1. The molecule has 1 heterocycles. The topological polar surface area (TPSA) is 32.3 Å². The van der Waals surface area contributed by atoms with Crippen LogP contribution in [0.25, 0.3) is 0 Å². The molecular formula is C8H11N2O. The van der Waals surface area contributed by atoms with Gasteiger partial charge < -0.3 is 10.2 Å². The van der Waals surface area contributed by atoms with E-state index in [1.165, 1.54) is 0 Å². The molecule has 0 aliphatic carbocycles. The van der Waals surface area contributed by atoms with Crippen molar-refractivity contribution in [3.8, 4) is 0 Å². The van der Waals surface area contributed by atoms with Gasteiger partial charge in [0.1, 0.15) is 0 Å². The third-order valence-corrected chi connectivity index (χ3v) is 1.41. The molecule has 0 bridgehead atoms. The monoisotopic (exact) mass is 151 g/mol. The summed E-state index contributed by atoms with van der Waals surface area (Å²) in [5.41, 5.74) is 0.703. The van der Waals surface area contributed by atoms with Gasteiger partial charge in [-0.05, 0) is 6.08 Å². The van der Waals surface area contributed by atoms with Crippen LogP contribution in [-0.4, -0.2) is 31.4 Å². The molecule has 0 unspecified atom stereocenters. The quantitative estimate of drug-likeness (QED) is 0.568. The molecule has 1 aliphatic heterocycles. The van der Waals surface area contributed by atoms with E-state index in [1.54, 1.807) is 25.1 Å². The summed E-state index contributed by atoms with van der Waals surface area (Å²) in [6.07, 6.45) is 6.28. The number of hydrogen-bond donors (Lipinski definition) is 1. The lowest BCUT2D eigenvalue weighted by atomic mass is 10.2. The second-order valence-electron chi connectivity index (χ2n) is 2.53. The van der Waals surface area contributed by atoms with Gasteiger partial charge in [-0.1, -0.05) is 6.08 Å². The molecule has 1 rings (SSSR count). The second kappa shape index (κ2) is 3.23. The van der Waals surface area contributed by atoms with Crippen LogP contribution in [0.4, 0.5) is 0 Å². The van der Waals surface area contributed by atoms with Crippen molar-refractivity contribution in [3.63, 3.8) is 0 Å². The van der Waals surface area contributed by atoms with E-state index < -0.39 is 0 Å². The van der Waals surface area contributed by atoms with Crippen LogP contribution in [0, 0.1) is 6.20 Å². The largest absolute Gasteiger partial charge is 0.380 e. The van der Waals surface area contributed by atoms with E-state index in [2.05, 4.69) is 11.5 Å². The maximum atomic E-state index is 11.3. The molecule has 0 aromatic heterocycles. The molecule has 59 valence electrons. The van der Waals surface area contributed by atoms with Crippen molar-refractivity contribution in [2.45, 2.75) is 0 Å². The Balaban J connectivity index is 2.67. The lowest BCUT2D eigenvalue weighted by molar-refractivity contribution is -0.124. The highest BCUT2D eigenvalue weighted by atomic mass is 16.2. The van der Waals surface area contributed by atoms with Crippen molar-refractivity contribution < 1.29 is 4.79 Å². The first kappa shape index (κ1) is 7.85. The minimum Gasteiger partial charge on any atom is -0.380 e. The van der Waals surface area contributed by atoms with Crippen molar-refractivity contribution in [2.75, 3.05) is 20.6 Å². The first-order chi connectivity index (χ1) is 5.22. The van der Waals surface area contributed by atoms with Gasteiger partial charge in [-0.15, -0.1) is 0 Å². The Kier molecular flexibility index (Phi) is 2.31. The van der Waals surface area contributed by atoms with Gasteiger partial charge in [0.2, 0.25) is 0 Å². The summed E-state index contributed by atoms with van der Waals surface area (Å²) in [5, 5.41) is 2.86. The molecule has 0 atom stereocenters. The molecule has 3 nitrogen and oxygen atoms in total. The molecule has 0 aromatic carbocycles. The summed E-state index contributed by atoms with van der Waals surface area (Å²) in [5.74, 6) is 0.0269. The Bertz CT molecular complexity index is 216. The third kappa shape index (κ3) is 1.83. The fraction of sp³-hybridized carbons (Fsp3) is 0.375. The summed E-state index contributed by atoms with van der Waals surface area (Å²) in [6.45, 7) is 0.686. The zero-order valence-electron chi connectivity index (χ0n) is 6.72. The highest BCUT2D eigenvalue weighted by molar-refractivity contribution is 5.95. The molecule has 0 saturated carbocycles. The van der Waals surface area contributed by atoms with E-state index in [0.717, 1.165) is 0 Å². The molecule has 1 N–H and O–H groups in total. The number of likely N-dealkylation sites (N-methyl/N-ethyl adjacent to an activating group) is 1. The molecule has 0 saturated heterocycles. The van der Waals surface area contributed by atoms with Crippen LogP contribution in [0.3, 0.4) is 0 Å². The van der Waals surface area contributed by atoms with Gasteiger partial charge >= 0.3 is 0 Å². The van der Waals surface area contributed by atoms with Crippen molar-refractivity contribution in [2.24, 2.45) is 0 Å². The molecule has 11 heavy (non-hydrogen) atoms. The fourth-order valence-electron chi connectivity index (χ4n) is 0.815. The zero-order valence-corrected chi connectivity index (χ0v) is 6.72. The molecule has 1 aliphatic rings. The maximum absolute atomic E-state index is 11.3.